The van der Waals surface area contributed by atoms with Crippen LogP contribution in [0.1, 0.15) is 41.7 Å². The van der Waals surface area contributed by atoms with Gasteiger partial charge < -0.3 is 10.2 Å². The Morgan fingerprint density at radius 3 is 2.70 bits per heavy atom. The zero-order valence-corrected chi connectivity index (χ0v) is 13.1. The van der Waals surface area contributed by atoms with Crippen molar-refractivity contribution in [3.63, 3.8) is 0 Å². The summed E-state index contributed by atoms with van der Waals surface area (Å²) in [6, 6.07) is 5.55. The normalized spacial score (nSPS) is 15.0. The summed E-state index contributed by atoms with van der Waals surface area (Å²) in [4.78, 5) is 27.1. The lowest BCUT2D eigenvalue weighted by Gasteiger charge is -2.19. The fourth-order valence-corrected chi connectivity index (χ4v) is 2.68. The Hall–Kier alpha value is -2.50. The maximum Gasteiger partial charge on any atom is 0.272 e. The zero-order chi connectivity index (χ0) is 15.9. The molecule has 0 atom stereocenters. The van der Waals surface area contributed by atoms with Gasteiger partial charge in [-0.05, 0) is 30.5 Å². The van der Waals surface area contributed by atoms with Crippen molar-refractivity contribution in [3.8, 4) is 0 Å². The SMILES string of the molecule is O=C(c1ccnc(NCc2cccnc2)n1)N1CCCCCC1. The van der Waals surface area contributed by atoms with E-state index in [2.05, 4.69) is 20.3 Å². The molecule has 1 N–H and O–H groups in total. The number of amides is 1. The molecule has 120 valence electrons. The van der Waals surface area contributed by atoms with E-state index in [9.17, 15) is 4.79 Å². The van der Waals surface area contributed by atoms with Crippen LogP contribution < -0.4 is 5.32 Å². The van der Waals surface area contributed by atoms with Crippen molar-refractivity contribution in [2.24, 2.45) is 0 Å². The van der Waals surface area contributed by atoms with Crippen molar-refractivity contribution in [2.75, 3.05) is 18.4 Å². The summed E-state index contributed by atoms with van der Waals surface area (Å²) in [7, 11) is 0. The van der Waals surface area contributed by atoms with Gasteiger partial charge in [0, 0.05) is 38.2 Å². The van der Waals surface area contributed by atoms with Crippen molar-refractivity contribution >= 4 is 11.9 Å². The monoisotopic (exact) mass is 311 g/mol. The molecular formula is C17H21N5O. The molecule has 2 aromatic heterocycles. The Kier molecular flexibility index (Phi) is 5.13. The fourth-order valence-electron chi connectivity index (χ4n) is 2.68. The van der Waals surface area contributed by atoms with E-state index in [0.717, 1.165) is 31.5 Å². The van der Waals surface area contributed by atoms with Gasteiger partial charge in [-0.25, -0.2) is 9.97 Å². The molecule has 1 aliphatic rings. The molecule has 0 radical (unpaired) electrons. The largest absolute Gasteiger partial charge is 0.350 e. The number of pyridine rings is 1. The van der Waals surface area contributed by atoms with Gasteiger partial charge >= 0.3 is 0 Å². The highest BCUT2D eigenvalue weighted by molar-refractivity contribution is 5.92. The summed E-state index contributed by atoms with van der Waals surface area (Å²) < 4.78 is 0. The minimum atomic E-state index is -0.00118. The average molecular weight is 311 g/mol. The lowest BCUT2D eigenvalue weighted by Crippen LogP contribution is -2.32. The molecule has 0 spiro atoms. The quantitative estimate of drug-likeness (QED) is 0.939. The van der Waals surface area contributed by atoms with Crippen LogP contribution in [-0.4, -0.2) is 38.8 Å². The molecule has 3 heterocycles. The third-order valence-electron chi connectivity index (χ3n) is 3.94. The van der Waals surface area contributed by atoms with Crippen LogP contribution >= 0.6 is 0 Å². The Labute approximate surface area is 136 Å². The molecular weight excluding hydrogens is 290 g/mol. The first kappa shape index (κ1) is 15.4. The van der Waals surface area contributed by atoms with Crippen LogP contribution in [0.25, 0.3) is 0 Å². The van der Waals surface area contributed by atoms with E-state index >= 15 is 0 Å². The molecule has 6 heteroatoms. The second-order valence-electron chi connectivity index (χ2n) is 5.69. The van der Waals surface area contributed by atoms with Crippen LogP contribution in [0.15, 0.2) is 36.8 Å². The molecule has 1 aliphatic heterocycles. The zero-order valence-electron chi connectivity index (χ0n) is 13.1. The van der Waals surface area contributed by atoms with Crippen LogP contribution in [0, 0.1) is 0 Å². The highest BCUT2D eigenvalue weighted by Gasteiger charge is 2.18. The van der Waals surface area contributed by atoms with Crippen LogP contribution in [-0.2, 0) is 6.54 Å². The first-order valence-electron chi connectivity index (χ1n) is 8.08. The molecule has 1 amide bonds. The van der Waals surface area contributed by atoms with Crippen LogP contribution in [0.5, 0.6) is 0 Å². The van der Waals surface area contributed by atoms with Crippen molar-refractivity contribution in [2.45, 2.75) is 32.2 Å². The lowest BCUT2D eigenvalue weighted by atomic mass is 10.2. The number of rotatable bonds is 4. The maximum absolute atomic E-state index is 12.6. The highest BCUT2D eigenvalue weighted by Crippen LogP contribution is 2.13. The number of likely N-dealkylation sites (tertiary alicyclic amines) is 1. The predicted molar refractivity (Wildman–Crippen MR) is 88.0 cm³/mol. The van der Waals surface area contributed by atoms with Crippen LogP contribution in [0.2, 0.25) is 0 Å². The molecule has 0 aromatic carbocycles. The number of nitrogens with zero attached hydrogens (tertiary/aromatic N) is 4. The molecule has 0 aliphatic carbocycles. The minimum Gasteiger partial charge on any atom is -0.350 e. The second-order valence-corrected chi connectivity index (χ2v) is 5.69. The summed E-state index contributed by atoms with van der Waals surface area (Å²) >= 11 is 0. The topological polar surface area (TPSA) is 71.0 Å². The van der Waals surface area contributed by atoms with Gasteiger partial charge in [-0.3, -0.25) is 9.78 Å². The van der Waals surface area contributed by atoms with Crippen LogP contribution in [0.4, 0.5) is 5.95 Å². The Balaban J connectivity index is 1.65. The molecule has 1 saturated heterocycles. The predicted octanol–water partition coefficient (Wildman–Crippen LogP) is 2.50. The Bertz CT molecular complexity index is 638. The molecule has 0 saturated carbocycles. The number of carbonyl (C=O) groups is 1. The molecule has 2 aromatic rings. The number of hydrogen-bond donors (Lipinski definition) is 1. The van der Waals surface area contributed by atoms with Gasteiger partial charge in [0.1, 0.15) is 5.69 Å². The van der Waals surface area contributed by atoms with Crippen molar-refractivity contribution in [1.82, 2.24) is 19.9 Å². The van der Waals surface area contributed by atoms with E-state index in [4.69, 9.17) is 0 Å². The molecule has 0 bridgehead atoms. The average Bonchev–Trinajstić information content (AvgIpc) is 2.90. The number of nitrogens with one attached hydrogen (secondary N) is 1. The highest BCUT2D eigenvalue weighted by atomic mass is 16.2. The molecule has 0 unspecified atom stereocenters. The van der Waals surface area contributed by atoms with E-state index in [-0.39, 0.29) is 5.91 Å². The van der Waals surface area contributed by atoms with Crippen LogP contribution in [0.3, 0.4) is 0 Å². The minimum absolute atomic E-state index is 0.00118. The summed E-state index contributed by atoms with van der Waals surface area (Å²) in [5.74, 6) is 0.466. The van der Waals surface area contributed by atoms with Gasteiger partial charge in [0.15, 0.2) is 0 Å². The van der Waals surface area contributed by atoms with Crippen molar-refractivity contribution in [1.29, 1.82) is 0 Å². The third-order valence-corrected chi connectivity index (χ3v) is 3.94. The first-order chi connectivity index (χ1) is 11.3. The van der Waals surface area contributed by atoms with E-state index in [1.54, 1.807) is 24.7 Å². The van der Waals surface area contributed by atoms with Gasteiger partial charge in [-0.15, -0.1) is 0 Å². The van der Waals surface area contributed by atoms with E-state index in [1.165, 1.54) is 12.8 Å². The number of carbonyl (C=O) groups excluding carboxylic acids is 1. The molecule has 6 nitrogen and oxygen atoms in total. The summed E-state index contributed by atoms with van der Waals surface area (Å²) in [6.07, 6.45) is 9.70. The van der Waals surface area contributed by atoms with Gasteiger partial charge in [0.2, 0.25) is 5.95 Å². The maximum atomic E-state index is 12.6. The van der Waals surface area contributed by atoms with Gasteiger partial charge in [-0.2, -0.15) is 0 Å². The summed E-state index contributed by atoms with van der Waals surface area (Å²) in [5, 5.41) is 3.14. The summed E-state index contributed by atoms with van der Waals surface area (Å²) in [5.41, 5.74) is 1.50. The fraction of sp³-hybridized carbons (Fsp3) is 0.412. The Morgan fingerprint density at radius 2 is 1.96 bits per heavy atom. The number of hydrogen-bond acceptors (Lipinski definition) is 5. The standard InChI is InChI=1S/C17H21N5O/c23-16(22-10-3-1-2-4-11-22)15-7-9-19-17(21-15)20-13-14-6-5-8-18-12-14/h5-9,12H,1-4,10-11,13H2,(H,19,20,21). The number of anilines is 1. The van der Waals surface area contributed by atoms with Gasteiger partial charge in [0.05, 0.1) is 0 Å². The summed E-state index contributed by atoms with van der Waals surface area (Å²) in [6.45, 7) is 2.22. The lowest BCUT2D eigenvalue weighted by molar-refractivity contribution is 0.0755. The molecule has 1 fully saturated rings. The van der Waals surface area contributed by atoms with E-state index in [1.807, 2.05) is 17.0 Å². The van der Waals surface area contributed by atoms with E-state index < -0.39 is 0 Å². The first-order valence-corrected chi connectivity index (χ1v) is 8.08. The van der Waals surface area contributed by atoms with E-state index in [0.29, 0.717) is 18.2 Å². The number of aromatic nitrogens is 3. The van der Waals surface area contributed by atoms with Gasteiger partial charge in [-0.1, -0.05) is 18.9 Å². The van der Waals surface area contributed by atoms with Crippen molar-refractivity contribution < 1.29 is 4.79 Å². The smallest absolute Gasteiger partial charge is 0.272 e. The van der Waals surface area contributed by atoms with Gasteiger partial charge in [0.25, 0.3) is 5.91 Å². The third kappa shape index (κ3) is 4.25. The molecule has 3 rings (SSSR count). The van der Waals surface area contributed by atoms with Crippen molar-refractivity contribution in [3.05, 3.63) is 48.0 Å². The second kappa shape index (κ2) is 7.67. The molecule has 23 heavy (non-hydrogen) atoms. The Morgan fingerprint density at radius 1 is 1.13 bits per heavy atom.